The summed E-state index contributed by atoms with van der Waals surface area (Å²) < 4.78 is 13.1. The van der Waals surface area contributed by atoms with Crippen LogP contribution in [0.4, 0.5) is 5.69 Å². The maximum Gasteiger partial charge on any atom is 0.363 e. The highest BCUT2D eigenvalue weighted by Gasteiger charge is 2.26. The summed E-state index contributed by atoms with van der Waals surface area (Å²) in [6, 6.07) is 16.0. The van der Waals surface area contributed by atoms with E-state index in [1.54, 1.807) is 6.08 Å². The summed E-state index contributed by atoms with van der Waals surface area (Å²) in [6.45, 7) is 2.48. The minimum atomic E-state index is -0.641. The van der Waals surface area contributed by atoms with E-state index < -0.39 is 10.9 Å². The molecule has 0 aliphatic carbocycles. The molecule has 1 aliphatic rings. The summed E-state index contributed by atoms with van der Waals surface area (Å²) >= 11 is 10.2. The smallest absolute Gasteiger partial charge is 0.363 e. The molecule has 0 aromatic heterocycles. The first-order valence-corrected chi connectivity index (χ1v) is 12.4. The molecule has 0 amide bonds. The lowest BCUT2D eigenvalue weighted by Crippen LogP contribution is -2.06. The Kier molecular flexibility index (Phi) is 7.53. The predicted molar refractivity (Wildman–Crippen MR) is 146 cm³/mol. The maximum atomic E-state index is 12.4. The molecule has 0 saturated carbocycles. The number of carbonyl (C=O) groups is 1. The first-order valence-electron chi connectivity index (χ1n) is 9.85. The zero-order valence-corrected chi connectivity index (χ0v) is 22.6. The maximum absolute atomic E-state index is 12.4. The van der Waals surface area contributed by atoms with Gasteiger partial charge >= 0.3 is 5.97 Å². The Bertz CT molecular complexity index is 1360. The summed E-state index contributed by atoms with van der Waals surface area (Å²) in [6.07, 6.45) is 1.61. The van der Waals surface area contributed by atoms with Crippen LogP contribution in [0.15, 0.2) is 65.3 Å². The molecule has 0 radical (unpaired) electrons. The first-order chi connectivity index (χ1) is 16.2. The number of cyclic esters (lactones) is 1. The van der Waals surface area contributed by atoms with Crippen LogP contribution >= 0.6 is 56.8 Å². The number of nitro benzene ring substituents is 1. The van der Waals surface area contributed by atoms with Crippen molar-refractivity contribution in [3.8, 4) is 5.75 Å². The zero-order chi connectivity index (χ0) is 24.4. The summed E-state index contributed by atoms with van der Waals surface area (Å²) in [4.78, 5) is 27.2. The fourth-order valence-corrected chi connectivity index (χ4v) is 5.55. The van der Waals surface area contributed by atoms with E-state index in [1.165, 1.54) is 23.8 Å². The number of rotatable bonds is 6. The van der Waals surface area contributed by atoms with Crippen LogP contribution < -0.4 is 4.74 Å². The Labute approximate surface area is 227 Å². The van der Waals surface area contributed by atoms with Gasteiger partial charge in [0.25, 0.3) is 5.69 Å². The summed E-state index contributed by atoms with van der Waals surface area (Å²) in [7, 11) is 0. The van der Waals surface area contributed by atoms with Crippen LogP contribution in [0.3, 0.4) is 0 Å². The van der Waals surface area contributed by atoms with Gasteiger partial charge in [-0.25, -0.2) is 9.79 Å². The number of benzene rings is 3. The van der Waals surface area contributed by atoms with E-state index in [4.69, 9.17) is 21.1 Å². The minimum absolute atomic E-state index is 0.0108. The monoisotopic (exact) mass is 700 g/mol. The van der Waals surface area contributed by atoms with E-state index in [9.17, 15) is 14.9 Å². The van der Waals surface area contributed by atoms with Crippen LogP contribution in [0.25, 0.3) is 6.08 Å². The van der Waals surface area contributed by atoms with Crippen molar-refractivity contribution in [2.75, 3.05) is 0 Å². The molecule has 0 atom stereocenters. The Balaban J connectivity index is 1.57. The normalized spacial score (nSPS) is 14.2. The molecule has 0 bridgehead atoms. The third kappa shape index (κ3) is 5.58. The van der Waals surface area contributed by atoms with Crippen molar-refractivity contribution in [1.29, 1.82) is 0 Å². The second kappa shape index (κ2) is 10.4. The number of aliphatic imine (C=N–C) groups is 1. The summed E-state index contributed by atoms with van der Waals surface area (Å²) in [5.74, 6) is 0.104. The molecule has 0 unspecified atom stereocenters. The quantitative estimate of drug-likeness (QED) is 0.0941. The molecule has 0 N–H and O–H groups in total. The molecule has 1 aliphatic heterocycles. The molecule has 4 rings (SSSR count). The number of ether oxygens (including phenoxy) is 2. The molecule has 3 aromatic carbocycles. The first kappa shape index (κ1) is 24.6. The van der Waals surface area contributed by atoms with Gasteiger partial charge in [-0.3, -0.25) is 10.1 Å². The fraction of sp³-hybridized carbons (Fsp3) is 0.0833. The van der Waals surface area contributed by atoms with Gasteiger partial charge in [0.05, 0.1) is 12.1 Å². The third-order valence-electron chi connectivity index (χ3n) is 4.80. The molecule has 10 heteroatoms. The molecule has 0 fully saturated rings. The number of hydrogen-bond donors (Lipinski definition) is 0. The van der Waals surface area contributed by atoms with Crippen molar-refractivity contribution < 1.29 is 19.2 Å². The fourth-order valence-electron chi connectivity index (χ4n) is 3.23. The topological polar surface area (TPSA) is 91.0 Å². The van der Waals surface area contributed by atoms with E-state index in [1.807, 2.05) is 37.3 Å². The standard InChI is InChI=1S/C24H15ClI2N2O5/c1-13-3-2-4-14(7-13)12-33-22-18(26)8-15(9-19(22)27)10-20-24(30)34-23(28-20)16-5-6-17(25)21(11-16)29(31)32/h2-11H,12H2,1H3/b20-10-. The Morgan fingerprint density at radius 1 is 1.15 bits per heavy atom. The molecular weight excluding hydrogens is 686 g/mol. The number of aryl methyl sites for hydroxylation is 1. The number of carbonyl (C=O) groups excluding carboxylic acids is 1. The van der Waals surface area contributed by atoms with Gasteiger partial charge in [0.2, 0.25) is 5.90 Å². The number of hydrogen-bond acceptors (Lipinski definition) is 6. The summed E-state index contributed by atoms with van der Waals surface area (Å²) in [5, 5.41) is 11.1. The molecule has 1 heterocycles. The molecule has 0 spiro atoms. The number of esters is 1. The Morgan fingerprint density at radius 3 is 2.56 bits per heavy atom. The highest BCUT2D eigenvalue weighted by atomic mass is 127. The van der Waals surface area contributed by atoms with Crippen molar-refractivity contribution in [1.82, 2.24) is 0 Å². The Morgan fingerprint density at radius 2 is 1.88 bits per heavy atom. The zero-order valence-electron chi connectivity index (χ0n) is 17.6. The van der Waals surface area contributed by atoms with Gasteiger partial charge in [-0.05, 0) is 93.6 Å². The third-order valence-corrected chi connectivity index (χ3v) is 6.72. The molecule has 0 saturated heterocycles. The van der Waals surface area contributed by atoms with Gasteiger partial charge in [-0.2, -0.15) is 0 Å². The van der Waals surface area contributed by atoms with Crippen LogP contribution in [0.1, 0.15) is 22.3 Å². The Hall–Kier alpha value is -2.51. The largest absolute Gasteiger partial charge is 0.487 e. The van der Waals surface area contributed by atoms with Gasteiger partial charge in [0.1, 0.15) is 17.4 Å². The van der Waals surface area contributed by atoms with Gasteiger partial charge in [0.15, 0.2) is 5.70 Å². The number of halogens is 3. The second-order valence-electron chi connectivity index (χ2n) is 7.35. The highest BCUT2D eigenvalue weighted by Crippen LogP contribution is 2.32. The number of nitrogens with zero attached hydrogens (tertiary/aromatic N) is 2. The highest BCUT2D eigenvalue weighted by molar-refractivity contribution is 14.1. The lowest BCUT2D eigenvalue weighted by atomic mass is 10.1. The molecular formula is C24H15ClI2N2O5. The van der Waals surface area contributed by atoms with Crippen molar-refractivity contribution in [2.24, 2.45) is 4.99 Å². The van der Waals surface area contributed by atoms with E-state index in [0.29, 0.717) is 6.61 Å². The average Bonchev–Trinajstić information content (AvgIpc) is 3.13. The van der Waals surface area contributed by atoms with Crippen molar-refractivity contribution >= 4 is 80.4 Å². The van der Waals surface area contributed by atoms with Gasteiger partial charge < -0.3 is 9.47 Å². The van der Waals surface area contributed by atoms with Crippen LogP contribution in [0.5, 0.6) is 5.75 Å². The van der Waals surface area contributed by atoms with Crippen molar-refractivity contribution in [3.05, 3.63) is 105 Å². The molecule has 34 heavy (non-hydrogen) atoms. The lowest BCUT2D eigenvalue weighted by molar-refractivity contribution is -0.384. The van der Waals surface area contributed by atoms with E-state index in [-0.39, 0.29) is 27.9 Å². The van der Waals surface area contributed by atoms with Gasteiger partial charge in [0, 0.05) is 11.6 Å². The van der Waals surface area contributed by atoms with Crippen molar-refractivity contribution in [2.45, 2.75) is 13.5 Å². The predicted octanol–water partition coefficient (Wildman–Crippen LogP) is 6.69. The van der Waals surface area contributed by atoms with Crippen molar-refractivity contribution in [3.63, 3.8) is 0 Å². The lowest BCUT2D eigenvalue weighted by Gasteiger charge is -2.12. The van der Waals surface area contributed by atoms with E-state index >= 15 is 0 Å². The van der Waals surface area contributed by atoms with Gasteiger partial charge in [-0.15, -0.1) is 0 Å². The van der Waals surface area contributed by atoms with Crippen LogP contribution in [0.2, 0.25) is 5.02 Å². The van der Waals surface area contributed by atoms with Crippen LogP contribution in [-0.2, 0) is 16.1 Å². The van der Waals surface area contributed by atoms with Crippen LogP contribution in [0, 0.1) is 24.2 Å². The average molecular weight is 701 g/mol. The SMILES string of the molecule is Cc1cccc(COc2c(I)cc(/C=C3\N=C(c4ccc(Cl)c([N+](=O)[O-])c4)OC3=O)cc2I)c1. The summed E-state index contributed by atoms with van der Waals surface area (Å²) in [5.41, 5.74) is 3.08. The number of nitro groups is 1. The van der Waals surface area contributed by atoms with E-state index in [0.717, 1.165) is 24.0 Å². The molecule has 172 valence electrons. The van der Waals surface area contributed by atoms with Gasteiger partial charge in [-0.1, -0.05) is 41.4 Å². The molecule has 3 aromatic rings. The van der Waals surface area contributed by atoms with E-state index in [2.05, 4.69) is 56.2 Å². The minimum Gasteiger partial charge on any atom is -0.487 e. The molecule has 7 nitrogen and oxygen atoms in total. The van der Waals surface area contributed by atoms with Crippen LogP contribution in [-0.4, -0.2) is 16.8 Å². The second-order valence-corrected chi connectivity index (χ2v) is 10.1.